The van der Waals surface area contributed by atoms with E-state index in [0.29, 0.717) is 28.7 Å². The lowest BCUT2D eigenvalue weighted by atomic mass is 10.1. The van der Waals surface area contributed by atoms with Crippen LogP contribution < -0.4 is 10.5 Å². The Balaban J connectivity index is 1.71. The van der Waals surface area contributed by atoms with Crippen molar-refractivity contribution in [3.63, 3.8) is 0 Å². The summed E-state index contributed by atoms with van der Waals surface area (Å²) in [6.45, 7) is 3.57. The van der Waals surface area contributed by atoms with Crippen LogP contribution in [0.2, 0.25) is 0 Å². The molecule has 0 aliphatic carbocycles. The first-order chi connectivity index (χ1) is 14.0. The molecule has 1 heterocycles. The van der Waals surface area contributed by atoms with Crippen molar-refractivity contribution in [1.29, 1.82) is 0 Å². The molecule has 0 unspecified atom stereocenters. The van der Waals surface area contributed by atoms with Crippen LogP contribution in [0.5, 0.6) is 0 Å². The molecule has 0 radical (unpaired) electrons. The number of aromatic nitrogens is 2. The van der Waals surface area contributed by atoms with Gasteiger partial charge in [-0.05, 0) is 18.2 Å². The van der Waals surface area contributed by atoms with E-state index in [1.165, 1.54) is 16.6 Å². The maximum absolute atomic E-state index is 12.5. The SMILES string of the molecule is C=CCN(C(=O)COC(=O)Cc1nn(C)c(=O)c2ccccc12)c1ccccc1. The quantitative estimate of drug-likeness (QED) is 0.456. The number of benzene rings is 2. The number of fused-ring (bicyclic) bond motifs is 1. The highest BCUT2D eigenvalue weighted by atomic mass is 16.5. The summed E-state index contributed by atoms with van der Waals surface area (Å²) in [4.78, 5) is 38.5. The van der Waals surface area contributed by atoms with Gasteiger partial charge in [0.05, 0.1) is 17.5 Å². The molecule has 0 fully saturated rings. The van der Waals surface area contributed by atoms with Crippen LogP contribution >= 0.6 is 0 Å². The molecular formula is C22H21N3O4. The fraction of sp³-hybridized carbons (Fsp3) is 0.182. The Bertz CT molecular complexity index is 1110. The molecule has 3 aromatic rings. The normalized spacial score (nSPS) is 10.5. The lowest BCUT2D eigenvalue weighted by Gasteiger charge is -2.21. The Morgan fingerprint density at radius 1 is 1.10 bits per heavy atom. The maximum atomic E-state index is 12.5. The van der Waals surface area contributed by atoms with Crippen molar-refractivity contribution in [2.24, 2.45) is 7.05 Å². The van der Waals surface area contributed by atoms with Crippen LogP contribution in [-0.4, -0.2) is 34.8 Å². The Kier molecular flexibility index (Phi) is 6.19. The van der Waals surface area contributed by atoms with E-state index >= 15 is 0 Å². The fourth-order valence-electron chi connectivity index (χ4n) is 3.00. The highest BCUT2D eigenvalue weighted by Crippen LogP contribution is 2.15. The van der Waals surface area contributed by atoms with Gasteiger partial charge in [0.25, 0.3) is 11.5 Å². The second-order valence-corrected chi connectivity index (χ2v) is 6.39. The van der Waals surface area contributed by atoms with Crippen LogP contribution in [-0.2, 0) is 27.8 Å². The van der Waals surface area contributed by atoms with E-state index in [0.717, 1.165) is 0 Å². The van der Waals surface area contributed by atoms with Crippen LogP contribution in [0.3, 0.4) is 0 Å². The summed E-state index contributed by atoms with van der Waals surface area (Å²) in [5.41, 5.74) is 0.876. The van der Waals surface area contributed by atoms with Crippen LogP contribution in [0.4, 0.5) is 5.69 Å². The molecule has 29 heavy (non-hydrogen) atoms. The molecule has 148 valence electrons. The summed E-state index contributed by atoms with van der Waals surface area (Å²) in [6.07, 6.45) is 1.46. The van der Waals surface area contributed by atoms with Gasteiger partial charge in [-0.15, -0.1) is 6.58 Å². The predicted molar refractivity (Wildman–Crippen MR) is 111 cm³/mol. The minimum absolute atomic E-state index is 0.144. The first kappa shape index (κ1) is 20.0. The smallest absolute Gasteiger partial charge is 0.312 e. The zero-order valence-electron chi connectivity index (χ0n) is 16.1. The van der Waals surface area contributed by atoms with Crippen LogP contribution in [0, 0.1) is 0 Å². The van der Waals surface area contributed by atoms with Crippen LogP contribution in [0.15, 0.2) is 72.0 Å². The second-order valence-electron chi connectivity index (χ2n) is 6.39. The van der Waals surface area contributed by atoms with E-state index in [-0.39, 0.29) is 17.9 Å². The zero-order chi connectivity index (χ0) is 20.8. The molecule has 0 bridgehead atoms. The number of amides is 1. The van der Waals surface area contributed by atoms with Gasteiger partial charge in [-0.25, -0.2) is 4.68 Å². The highest BCUT2D eigenvalue weighted by Gasteiger charge is 2.18. The number of carbonyl (C=O) groups excluding carboxylic acids is 2. The number of rotatable bonds is 7. The Hall–Kier alpha value is -3.74. The lowest BCUT2D eigenvalue weighted by Crippen LogP contribution is -2.35. The number of hydrogen-bond acceptors (Lipinski definition) is 5. The van der Waals surface area contributed by atoms with E-state index in [1.54, 1.807) is 42.5 Å². The van der Waals surface area contributed by atoms with E-state index in [9.17, 15) is 14.4 Å². The molecule has 0 saturated carbocycles. The number of nitrogens with zero attached hydrogens (tertiary/aromatic N) is 3. The first-order valence-corrected chi connectivity index (χ1v) is 9.08. The summed E-state index contributed by atoms with van der Waals surface area (Å²) < 4.78 is 6.38. The fourth-order valence-corrected chi connectivity index (χ4v) is 3.00. The molecule has 0 spiro atoms. The van der Waals surface area contributed by atoms with Crippen molar-refractivity contribution < 1.29 is 14.3 Å². The van der Waals surface area contributed by atoms with E-state index in [4.69, 9.17) is 4.74 Å². The van der Waals surface area contributed by atoms with Gasteiger partial charge < -0.3 is 9.64 Å². The number of anilines is 1. The molecule has 7 heteroatoms. The Morgan fingerprint density at radius 2 is 1.76 bits per heavy atom. The maximum Gasteiger partial charge on any atom is 0.312 e. The second kappa shape index (κ2) is 8.97. The largest absolute Gasteiger partial charge is 0.455 e. The molecule has 1 aromatic heterocycles. The molecule has 1 amide bonds. The molecule has 0 aliphatic rings. The Morgan fingerprint density at radius 3 is 2.45 bits per heavy atom. The van der Waals surface area contributed by atoms with E-state index in [2.05, 4.69) is 11.7 Å². The minimum atomic E-state index is -0.596. The summed E-state index contributed by atoms with van der Waals surface area (Å²) in [7, 11) is 1.53. The molecule has 7 nitrogen and oxygen atoms in total. The van der Waals surface area contributed by atoms with Crippen LogP contribution in [0.1, 0.15) is 5.69 Å². The molecule has 2 aromatic carbocycles. The average Bonchev–Trinajstić information content (AvgIpc) is 2.74. The van der Waals surface area contributed by atoms with E-state index in [1.807, 2.05) is 18.2 Å². The number of aryl methyl sites for hydroxylation is 1. The zero-order valence-corrected chi connectivity index (χ0v) is 16.1. The van der Waals surface area contributed by atoms with Crippen LogP contribution in [0.25, 0.3) is 10.8 Å². The molecule has 0 saturated heterocycles. The van der Waals surface area contributed by atoms with Gasteiger partial charge in [-0.3, -0.25) is 14.4 Å². The number of carbonyl (C=O) groups is 2. The standard InChI is InChI=1S/C22H21N3O4/c1-3-13-25(16-9-5-4-6-10-16)20(26)15-29-21(27)14-19-17-11-7-8-12-18(17)22(28)24(2)23-19/h3-12H,1,13-15H2,2H3. The third kappa shape index (κ3) is 4.57. The highest BCUT2D eigenvalue weighted by molar-refractivity contribution is 5.95. The summed E-state index contributed by atoms with van der Waals surface area (Å²) in [6, 6.07) is 16.0. The third-order valence-electron chi connectivity index (χ3n) is 4.38. The Labute approximate surface area is 167 Å². The van der Waals surface area contributed by atoms with Crippen molar-refractivity contribution in [1.82, 2.24) is 9.78 Å². The molecule has 0 N–H and O–H groups in total. The number of ether oxygens (including phenoxy) is 1. The van der Waals surface area contributed by atoms with Crippen molar-refractivity contribution in [2.45, 2.75) is 6.42 Å². The summed E-state index contributed by atoms with van der Waals surface area (Å²) in [5, 5.41) is 5.25. The summed E-state index contributed by atoms with van der Waals surface area (Å²) in [5.74, 6) is -0.955. The molecule has 0 atom stereocenters. The minimum Gasteiger partial charge on any atom is -0.455 e. The third-order valence-corrected chi connectivity index (χ3v) is 4.38. The lowest BCUT2D eigenvalue weighted by molar-refractivity contribution is -0.147. The van der Waals surface area contributed by atoms with Crippen molar-refractivity contribution in [3.05, 3.63) is 83.3 Å². The van der Waals surface area contributed by atoms with Gasteiger partial charge in [0.2, 0.25) is 0 Å². The molecule has 0 aliphatic heterocycles. The first-order valence-electron chi connectivity index (χ1n) is 9.08. The van der Waals surface area contributed by atoms with Gasteiger partial charge in [0, 0.05) is 24.7 Å². The molecule has 3 rings (SSSR count). The van der Waals surface area contributed by atoms with Gasteiger partial charge >= 0.3 is 5.97 Å². The predicted octanol–water partition coefficient (Wildman–Crippen LogP) is 2.24. The van der Waals surface area contributed by atoms with Crippen molar-refractivity contribution in [3.8, 4) is 0 Å². The van der Waals surface area contributed by atoms with Gasteiger partial charge in [-0.2, -0.15) is 5.10 Å². The number of esters is 1. The molecular weight excluding hydrogens is 370 g/mol. The van der Waals surface area contributed by atoms with Crippen molar-refractivity contribution in [2.75, 3.05) is 18.1 Å². The average molecular weight is 391 g/mol. The van der Waals surface area contributed by atoms with Gasteiger partial charge in [0.15, 0.2) is 6.61 Å². The summed E-state index contributed by atoms with van der Waals surface area (Å²) >= 11 is 0. The van der Waals surface area contributed by atoms with Crippen molar-refractivity contribution >= 4 is 28.3 Å². The number of hydrogen-bond donors (Lipinski definition) is 0. The number of para-hydroxylation sites is 1. The van der Waals surface area contributed by atoms with E-state index < -0.39 is 12.6 Å². The monoisotopic (exact) mass is 391 g/mol. The van der Waals surface area contributed by atoms with Gasteiger partial charge in [0.1, 0.15) is 0 Å². The van der Waals surface area contributed by atoms with Gasteiger partial charge in [-0.1, -0.05) is 42.5 Å². The topological polar surface area (TPSA) is 81.5 Å².